The van der Waals surface area contributed by atoms with Gasteiger partial charge >= 0.3 is 6.09 Å². The number of benzene rings is 2. The van der Waals surface area contributed by atoms with E-state index in [1.54, 1.807) is 12.1 Å². The highest BCUT2D eigenvalue weighted by Gasteiger charge is 2.37. The highest BCUT2D eigenvalue weighted by Crippen LogP contribution is 2.44. The average molecular weight is 313 g/mol. The predicted molar refractivity (Wildman–Crippen MR) is 87.8 cm³/mol. The number of nitrogens with one attached hydrogen (secondary N) is 1. The van der Waals surface area contributed by atoms with E-state index in [0.29, 0.717) is 0 Å². The van der Waals surface area contributed by atoms with E-state index in [9.17, 15) is 14.3 Å². The highest BCUT2D eigenvalue weighted by molar-refractivity contribution is 5.68. The molecule has 2 N–H and O–H groups in total. The van der Waals surface area contributed by atoms with Crippen LogP contribution in [0.15, 0.2) is 42.5 Å². The van der Waals surface area contributed by atoms with E-state index in [1.165, 1.54) is 17.7 Å². The van der Waals surface area contributed by atoms with E-state index in [1.807, 2.05) is 12.1 Å². The summed E-state index contributed by atoms with van der Waals surface area (Å²) in [6.45, 7) is 4.17. The Balaban J connectivity index is 2.06. The van der Waals surface area contributed by atoms with E-state index in [4.69, 9.17) is 0 Å². The number of fused-ring (bicyclic) bond motifs is 1. The van der Waals surface area contributed by atoms with E-state index in [2.05, 4.69) is 25.2 Å². The maximum absolute atomic E-state index is 13.1. The Morgan fingerprint density at radius 1 is 1.17 bits per heavy atom. The zero-order valence-corrected chi connectivity index (χ0v) is 13.3. The summed E-state index contributed by atoms with van der Waals surface area (Å²) in [6, 6.07) is 12.2. The molecule has 4 heteroatoms. The van der Waals surface area contributed by atoms with Gasteiger partial charge in [-0.1, -0.05) is 38.1 Å². The Hall–Kier alpha value is -2.36. The molecule has 3 rings (SSSR count). The van der Waals surface area contributed by atoms with Gasteiger partial charge < -0.3 is 10.4 Å². The van der Waals surface area contributed by atoms with Gasteiger partial charge in [-0.15, -0.1) is 0 Å². The minimum atomic E-state index is -1.01. The number of rotatable bonds is 2. The molecule has 0 aliphatic heterocycles. The smallest absolute Gasteiger partial charge is 0.405 e. The molecule has 0 spiro atoms. The van der Waals surface area contributed by atoms with Gasteiger partial charge in [-0.3, -0.25) is 0 Å². The summed E-state index contributed by atoms with van der Waals surface area (Å²) in [5, 5.41) is 11.9. The molecule has 0 radical (unpaired) electrons. The molecule has 0 saturated carbocycles. The zero-order valence-electron chi connectivity index (χ0n) is 13.3. The quantitative estimate of drug-likeness (QED) is 0.838. The van der Waals surface area contributed by atoms with Crippen LogP contribution in [0, 0.1) is 11.2 Å². The van der Waals surface area contributed by atoms with E-state index in [0.717, 1.165) is 29.5 Å². The normalized spacial score (nSPS) is 19.0. The van der Waals surface area contributed by atoms with Crippen LogP contribution in [0.2, 0.25) is 0 Å². The van der Waals surface area contributed by atoms with Crippen molar-refractivity contribution in [3.05, 3.63) is 59.4 Å². The van der Waals surface area contributed by atoms with Crippen LogP contribution in [0.25, 0.3) is 11.1 Å². The van der Waals surface area contributed by atoms with Crippen LogP contribution in [0.4, 0.5) is 9.18 Å². The van der Waals surface area contributed by atoms with E-state index in [-0.39, 0.29) is 17.3 Å². The van der Waals surface area contributed by atoms with Crippen LogP contribution in [0.5, 0.6) is 0 Å². The first kappa shape index (κ1) is 15.5. The molecule has 3 nitrogen and oxygen atoms in total. The minimum absolute atomic E-state index is 0.146. The van der Waals surface area contributed by atoms with Crippen molar-refractivity contribution < 1.29 is 14.3 Å². The molecule has 0 bridgehead atoms. The molecular weight excluding hydrogens is 293 g/mol. The van der Waals surface area contributed by atoms with E-state index >= 15 is 0 Å². The number of hydrogen-bond donors (Lipinski definition) is 2. The van der Waals surface area contributed by atoms with Crippen LogP contribution < -0.4 is 5.32 Å². The lowest BCUT2D eigenvalue weighted by Crippen LogP contribution is -2.40. The standard InChI is InChI=1S/C19H20FNO2/c1-19(2)10-9-13-3-4-14(12-5-7-15(20)8-6-12)11-16(13)17(19)21-18(22)23/h3-8,11,17,21H,9-10H2,1-2H3,(H,22,23). The van der Waals surface area contributed by atoms with Crippen molar-refractivity contribution in [3.8, 4) is 11.1 Å². The minimum Gasteiger partial charge on any atom is -0.465 e. The molecule has 0 aromatic heterocycles. The van der Waals surface area contributed by atoms with Crippen molar-refractivity contribution in [3.63, 3.8) is 0 Å². The summed E-state index contributed by atoms with van der Waals surface area (Å²) in [5.41, 5.74) is 3.94. The summed E-state index contributed by atoms with van der Waals surface area (Å²) >= 11 is 0. The molecule has 23 heavy (non-hydrogen) atoms. The molecule has 1 aliphatic carbocycles. The first-order valence-electron chi connectivity index (χ1n) is 7.75. The van der Waals surface area contributed by atoms with Gasteiger partial charge in [0.2, 0.25) is 0 Å². The summed E-state index contributed by atoms with van der Waals surface area (Å²) in [4.78, 5) is 11.2. The third-order valence-corrected chi connectivity index (χ3v) is 4.72. The summed E-state index contributed by atoms with van der Waals surface area (Å²) < 4.78 is 13.1. The van der Waals surface area contributed by atoms with Crippen LogP contribution >= 0.6 is 0 Å². The van der Waals surface area contributed by atoms with Crippen LogP contribution in [0.1, 0.15) is 37.4 Å². The van der Waals surface area contributed by atoms with Crippen molar-refractivity contribution in [1.82, 2.24) is 5.32 Å². The molecule has 120 valence electrons. The van der Waals surface area contributed by atoms with Crippen LogP contribution in [0.3, 0.4) is 0 Å². The maximum atomic E-state index is 13.1. The van der Waals surface area contributed by atoms with Crippen molar-refractivity contribution >= 4 is 6.09 Å². The molecule has 0 fully saturated rings. The summed E-state index contributed by atoms with van der Waals surface area (Å²) in [5.74, 6) is -0.265. The Labute approximate surface area is 135 Å². The number of hydrogen-bond acceptors (Lipinski definition) is 1. The van der Waals surface area contributed by atoms with Crippen LogP contribution in [-0.2, 0) is 6.42 Å². The number of amides is 1. The van der Waals surface area contributed by atoms with Crippen molar-refractivity contribution in [2.24, 2.45) is 5.41 Å². The first-order valence-corrected chi connectivity index (χ1v) is 7.75. The van der Waals surface area contributed by atoms with Gasteiger partial charge in [0.25, 0.3) is 0 Å². The van der Waals surface area contributed by atoms with Crippen molar-refractivity contribution in [2.45, 2.75) is 32.7 Å². The molecule has 1 aliphatic rings. The van der Waals surface area contributed by atoms with E-state index < -0.39 is 6.09 Å². The Bertz CT molecular complexity index is 738. The average Bonchev–Trinajstić information content (AvgIpc) is 2.50. The fourth-order valence-electron chi connectivity index (χ4n) is 3.33. The fraction of sp³-hybridized carbons (Fsp3) is 0.316. The van der Waals surface area contributed by atoms with Crippen LogP contribution in [-0.4, -0.2) is 11.2 Å². The largest absolute Gasteiger partial charge is 0.465 e. The van der Waals surface area contributed by atoms with Gasteiger partial charge in [-0.05, 0) is 58.7 Å². The Morgan fingerprint density at radius 3 is 2.48 bits per heavy atom. The lowest BCUT2D eigenvalue weighted by Gasteiger charge is -2.40. The second-order valence-electron chi connectivity index (χ2n) is 6.79. The monoisotopic (exact) mass is 313 g/mol. The summed E-state index contributed by atoms with van der Waals surface area (Å²) in [6.07, 6.45) is 0.855. The fourth-order valence-corrected chi connectivity index (χ4v) is 3.33. The second-order valence-corrected chi connectivity index (χ2v) is 6.79. The Morgan fingerprint density at radius 2 is 1.83 bits per heavy atom. The zero-order chi connectivity index (χ0) is 16.6. The van der Waals surface area contributed by atoms with Crippen molar-refractivity contribution in [1.29, 1.82) is 0 Å². The number of carbonyl (C=O) groups is 1. The first-order chi connectivity index (χ1) is 10.9. The topological polar surface area (TPSA) is 49.3 Å². The van der Waals surface area contributed by atoms with Gasteiger partial charge in [0.1, 0.15) is 5.82 Å². The molecular formula is C19H20FNO2. The Kier molecular flexibility index (Phi) is 3.84. The van der Waals surface area contributed by atoms with Gasteiger partial charge in [0.05, 0.1) is 6.04 Å². The maximum Gasteiger partial charge on any atom is 0.405 e. The number of carboxylic acid groups (broad SMARTS) is 1. The lowest BCUT2D eigenvalue weighted by molar-refractivity contribution is 0.161. The molecule has 1 unspecified atom stereocenters. The molecule has 0 saturated heterocycles. The third kappa shape index (κ3) is 3.07. The van der Waals surface area contributed by atoms with Gasteiger partial charge in [0.15, 0.2) is 0 Å². The molecule has 1 amide bonds. The van der Waals surface area contributed by atoms with Gasteiger partial charge in [-0.2, -0.15) is 0 Å². The molecule has 2 aromatic carbocycles. The van der Waals surface area contributed by atoms with Gasteiger partial charge in [0, 0.05) is 0 Å². The number of halogens is 1. The molecule has 0 heterocycles. The third-order valence-electron chi connectivity index (χ3n) is 4.72. The highest BCUT2D eigenvalue weighted by atomic mass is 19.1. The lowest BCUT2D eigenvalue weighted by atomic mass is 9.70. The van der Waals surface area contributed by atoms with Crippen molar-refractivity contribution in [2.75, 3.05) is 0 Å². The second kappa shape index (κ2) is 5.69. The molecule has 1 atom stereocenters. The molecule has 2 aromatic rings. The summed E-state index contributed by atoms with van der Waals surface area (Å²) in [7, 11) is 0. The predicted octanol–water partition coefficient (Wildman–Crippen LogP) is 4.77. The van der Waals surface area contributed by atoms with Gasteiger partial charge in [-0.25, -0.2) is 9.18 Å². The SMILES string of the molecule is CC1(C)CCc2ccc(-c3ccc(F)cc3)cc2C1NC(=O)O. The number of aryl methyl sites for hydroxylation is 1.